The molecule has 140 valence electrons. The van der Waals surface area contributed by atoms with Crippen molar-refractivity contribution in [3.05, 3.63) is 59.4 Å². The molecule has 2 amide bonds. The standard InChI is InChI=1S/C20H19FN2O4/c21-15-4-2-1-3-14(15)11-23-19(25)20(7-8-20)18(24)22-10-13-5-6-16-17(9-13)27-12-26-16/h1-6,9H,7-8,10-12H2,(H,22,24)(H,23,25). The summed E-state index contributed by atoms with van der Waals surface area (Å²) < 4.78 is 24.2. The van der Waals surface area contributed by atoms with Gasteiger partial charge in [0.05, 0.1) is 0 Å². The van der Waals surface area contributed by atoms with Crippen LogP contribution in [0.5, 0.6) is 11.5 Å². The molecular formula is C20H19FN2O4. The first kappa shape index (κ1) is 17.3. The number of benzene rings is 2. The van der Waals surface area contributed by atoms with Gasteiger partial charge in [-0.1, -0.05) is 24.3 Å². The van der Waals surface area contributed by atoms with Gasteiger partial charge >= 0.3 is 0 Å². The Morgan fingerprint density at radius 1 is 0.963 bits per heavy atom. The van der Waals surface area contributed by atoms with E-state index in [1.54, 1.807) is 30.3 Å². The van der Waals surface area contributed by atoms with Crippen molar-refractivity contribution in [3.8, 4) is 11.5 Å². The molecule has 6 nitrogen and oxygen atoms in total. The van der Waals surface area contributed by atoms with Crippen LogP contribution in [0.25, 0.3) is 0 Å². The number of halogens is 1. The highest BCUT2D eigenvalue weighted by Crippen LogP contribution is 2.46. The lowest BCUT2D eigenvalue weighted by Crippen LogP contribution is -2.42. The van der Waals surface area contributed by atoms with E-state index in [1.807, 2.05) is 6.07 Å². The number of amides is 2. The molecule has 1 heterocycles. The normalized spacial score (nSPS) is 15.9. The van der Waals surface area contributed by atoms with Crippen molar-refractivity contribution in [2.24, 2.45) is 5.41 Å². The van der Waals surface area contributed by atoms with Crippen LogP contribution in [0.3, 0.4) is 0 Å². The number of carbonyl (C=O) groups excluding carboxylic acids is 2. The van der Waals surface area contributed by atoms with Gasteiger partial charge in [-0.3, -0.25) is 9.59 Å². The third-order valence-corrected chi connectivity index (χ3v) is 4.91. The van der Waals surface area contributed by atoms with Gasteiger partial charge in [0.2, 0.25) is 18.6 Å². The minimum absolute atomic E-state index is 0.0582. The van der Waals surface area contributed by atoms with Crippen molar-refractivity contribution >= 4 is 11.8 Å². The molecule has 0 bridgehead atoms. The van der Waals surface area contributed by atoms with Gasteiger partial charge in [-0.2, -0.15) is 0 Å². The molecule has 2 aliphatic rings. The number of rotatable bonds is 6. The van der Waals surface area contributed by atoms with Gasteiger partial charge in [0, 0.05) is 18.7 Å². The van der Waals surface area contributed by atoms with Gasteiger partial charge in [0.25, 0.3) is 0 Å². The Morgan fingerprint density at radius 3 is 2.41 bits per heavy atom. The molecule has 27 heavy (non-hydrogen) atoms. The first-order valence-corrected chi connectivity index (χ1v) is 8.77. The van der Waals surface area contributed by atoms with E-state index in [0.29, 0.717) is 29.9 Å². The molecule has 0 radical (unpaired) electrons. The van der Waals surface area contributed by atoms with Crippen LogP contribution in [0.4, 0.5) is 4.39 Å². The number of fused-ring (bicyclic) bond motifs is 1. The lowest BCUT2D eigenvalue weighted by molar-refractivity contribution is -0.137. The molecule has 1 fully saturated rings. The first-order chi connectivity index (χ1) is 13.1. The maximum atomic E-state index is 13.7. The fourth-order valence-electron chi connectivity index (χ4n) is 3.07. The summed E-state index contributed by atoms with van der Waals surface area (Å²) in [5.74, 6) is 0.261. The van der Waals surface area contributed by atoms with E-state index in [-0.39, 0.29) is 37.5 Å². The number of ether oxygens (including phenoxy) is 2. The Bertz CT molecular complexity index is 895. The molecule has 0 unspecified atom stereocenters. The number of carbonyl (C=O) groups is 2. The van der Waals surface area contributed by atoms with Crippen LogP contribution in [-0.4, -0.2) is 18.6 Å². The minimum Gasteiger partial charge on any atom is -0.454 e. The highest BCUT2D eigenvalue weighted by molar-refractivity contribution is 6.07. The van der Waals surface area contributed by atoms with Gasteiger partial charge in [-0.15, -0.1) is 0 Å². The van der Waals surface area contributed by atoms with Crippen molar-refractivity contribution in [2.45, 2.75) is 25.9 Å². The Kier molecular flexibility index (Phi) is 4.43. The highest BCUT2D eigenvalue weighted by Gasteiger charge is 2.56. The van der Waals surface area contributed by atoms with Crippen LogP contribution in [0.2, 0.25) is 0 Å². The predicted octanol–water partition coefficient (Wildman–Crippen LogP) is 2.27. The molecule has 0 saturated heterocycles. The highest BCUT2D eigenvalue weighted by atomic mass is 19.1. The molecule has 0 atom stereocenters. The molecule has 2 aromatic carbocycles. The Morgan fingerprint density at radius 2 is 1.67 bits per heavy atom. The summed E-state index contributed by atoms with van der Waals surface area (Å²) in [4.78, 5) is 25.0. The van der Waals surface area contributed by atoms with E-state index in [1.165, 1.54) is 6.07 Å². The second-order valence-electron chi connectivity index (χ2n) is 6.73. The predicted molar refractivity (Wildman–Crippen MR) is 94.3 cm³/mol. The summed E-state index contributed by atoms with van der Waals surface area (Å²) in [6.45, 7) is 0.539. The third kappa shape index (κ3) is 3.45. The maximum Gasteiger partial charge on any atom is 0.235 e. The molecule has 7 heteroatoms. The van der Waals surface area contributed by atoms with E-state index < -0.39 is 5.41 Å². The third-order valence-electron chi connectivity index (χ3n) is 4.91. The number of hydrogen-bond donors (Lipinski definition) is 2. The van der Waals surface area contributed by atoms with Crippen LogP contribution in [0.15, 0.2) is 42.5 Å². The average Bonchev–Trinajstić information content (AvgIpc) is 3.37. The fraction of sp³-hybridized carbons (Fsp3) is 0.300. The van der Waals surface area contributed by atoms with E-state index in [2.05, 4.69) is 10.6 Å². The quantitative estimate of drug-likeness (QED) is 0.765. The van der Waals surface area contributed by atoms with E-state index in [4.69, 9.17) is 9.47 Å². The van der Waals surface area contributed by atoms with Crippen LogP contribution in [0.1, 0.15) is 24.0 Å². The van der Waals surface area contributed by atoms with Crippen molar-refractivity contribution < 1.29 is 23.5 Å². The van der Waals surface area contributed by atoms with Gasteiger partial charge in [0.1, 0.15) is 11.2 Å². The van der Waals surface area contributed by atoms with Crippen LogP contribution < -0.4 is 20.1 Å². The zero-order valence-electron chi connectivity index (χ0n) is 14.6. The Balaban J connectivity index is 1.34. The average molecular weight is 370 g/mol. The second kappa shape index (κ2) is 6.90. The Hall–Kier alpha value is -3.09. The van der Waals surface area contributed by atoms with E-state index in [0.717, 1.165) is 5.56 Å². The zero-order chi connectivity index (χ0) is 18.9. The molecule has 1 saturated carbocycles. The van der Waals surface area contributed by atoms with Gasteiger partial charge in [-0.25, -0.2) is 4.39 Å². The van der Waals surface area contributed by atoms with Gasteiger partial charge < -0.3 is 20.1 Å². The lowest BCUT2D eigenvalue weighted by Gasteiger charge is -2.16. The maximum absolute atomic E-state index is 13.7. The Labute approximate surface area is 155 Å². The topological polar surface area (TPSA) is 76.7 Å². The van der Waals surface area contributed by atoms with Crippen LogP contribution in [0, 0.1) is 11.2 Å². The van der Waals surface area contributed by atoms with Crippen molar-refractivity contribution in [1.29, 1.82) is 0 Å². The molecule has 2 aromatic rings. The SMILES string of the molecule is O=C(NCc1ccc2c(c1)OCO2)C1(C(=O)NCc2ccccc2F)CC1. The van der Waals surface area contributed by atoms with Crippen molar-refractivity contribution in [3.63, 3.8) is 0 Å². The summed E-state index contributed by atoms with van der Waals surface area (Å²) in [6.07, 6.45) is 0.978. The van der Waals surface area contributed by atoms with Gasteiger partial charge in [0.15, 0.2) is 11.5 Å². The van der Waals surface area contributed by atoms with Crippen molar-refractivity contribution in [1.82, 2.24) is 10.6 Å². The summed E-state index contributed by atoms with van der Waals surface area (Å²) in [6, 6.07) is 11.7. The zero-order valence-corrected chi connectivity index (χ0v) is 14.6. The monoisotopic (exact) mass is 370 g/mol. The minimum atomic E-state index is -1.05. The van der Waals surface area contributed by atoms with Crippen LogP contribution in [-0.2, 0) is 22.7 Å². The molecule has 4 rings (SSSR count). The second-order valence-corrected chi connectivity index (χ2v) is 6.73. The molecule has 1 aliphatic carbocycles. The van der Waals surface area contributed by atoms with E-state index in [9.17, 15) is 14.0 Å². The smallest absolute Gasteiger partial charge is 0.235 e. The molecule has 0 aromatic heterocycles. The molecule has 0 spiro atoms. The summed E-state index contributed by atoms with van der Waals surface area (Å²) in [5, 5.41) is 5.49. The first-order valence-electron chi connectivity index (χ1n) is 8.77. The molecular weight excluding hydrogens is 351 g/mol. The van der Waals surface area contributed by atoms with E-state index >= 15 is 0 Å². The summed E-state index contributed by atoms with van der Waals surface area (Å²) >= 11 is 0. The van der Waals surface area contributed by atoms with Crippen molar-refractivity contribution in [2.75, 3.05) is 6.79 Å². The van der Waals surface area contributed by atoms with Crippen LogP contribution >= 0.6 is 0 Å². The largest absolute Gasteiger partial charge is 0.454 e. The number of nitrogens with one attached hydrogen (secondary N) is 2. The number of hydrogen-bond acceptors (Lipinski definition) is 4. The van der Waals surface area contributed by atoms with Gasteiger partial charge in [-0.05, 0) is 36.6 Å². The fourth-order valence-corrected chi connectivity index (χ4v) is 3.07. The summed E-state index contributed by atoms with van der Waals surface area (Å²) in [7, 11) is 0. The lowest BCUT2D eigenvalue weighted by atomic mass is 10.0. The molecule has 2 N–H and O–H groups in total. The summed E-state index contributed by atoms with van der Waals surface area (Å²) in [5.41, 5.74) is 0.194. The molecule has 1 aliphatic heterocycles.